The lowest BCUT2D eigenvalue weighted by atomic mass is 9.48. The molecule has 120 valence electrons. The number of rotatable bonds is 6. The lowest BCUT2D eigenvalue weighted by Crippen LogP contribution is -2.49. The van der Waals surface area contributed by atoms with Crippen LogP contribution in [0.5, 0.6) is 0 Å². The SMILES string of the molecule is NNC(CCC1CCCO1)CC12CC3CC(CC(C3)C1)C2. The van der Waals surface area contributed by atoms with Crippen molar-refractivity contribution in [2.75, 3.05) is 6.61 Å². The van der Waals surface area contributed by atoms with Gasteiger partial charge in [-0.25, -0.2) is 0 Å². The Bertz CT molecular complexity index is 329. The van der Waals surface area contributed by atoms with E-state index < -0.39 is 0 Å². The van der Waals surface area contributed by atoms with Gasteiger partial charge in [-0.15, -0.1) is 0 Å². The monoisotopic (exact) mass is 292 g/mol. The molecule has 0 aromatic heterocycles. The zero-order valence-electron chi connectivity index (χ0n) is 13.4. The van der Waals surface area contributed by atoms with Gasteiger partial charge in [-0.3, -0.25) is 11.3 Å². The Hall–Kier alpha value is -0.120. The van der Waals surface area contributed by atoms with E-state index in [0.29, 0.717) is 17.6 Å². The van der Waals surface area contributed by atoms with Crippen LogP contribution in [0.1, 0.15) is 70.6 Å². The highest BCUT2D eigenvalue weighted by molar-refractivity contribution is 5.02. The average Bonchev–Trinajstić information content (AvgIpc) is 2.95. The van der Waals surface area contributed by atoms with Gasteiger partial charge in [-0.1, -0.05) is 0 Å². The van der Waals surface area contributed by atoms with Gasteiger partial charge >= 0.3 is 0 Å². The van der Waals surface area contributed by atoms with Gasteiger partial charge in [-0.2, -0.15) is 0 Å². The fraction of sp³-hybridized carbons (Fsp3) is 1.00. The molecule has 0 spiro atoms. The van der Waals surface area contributed by atoms with E-state index in [4.69, 9.17) is 10.6 Å². The van der Waals surface area contributed by atoms with E-state index in [1.54, 1.807) is 0 Å². The first kappa shape index (κ1) is 14.5. The summed E-state index contributed by atoms with van der Waals surface area (Å²) < 4.78 is 5.77. The van der Waals surface area contributed by atoms with Gasteiger partial charge < -0.3 is 4.74 Å². The minimum absolute atomic E-state index is 0.505. The fourth-order valence-electron chi connectivity index (χ4n) is 6.57. The predicted molar refractivity (Wildman–Crippen MR) is 84.5 cm³/mol. The molecule has 5 fully saturated rings. The van der Waals surface area contributed by atoms with E-state index in [2.05, 4.69) is 5.43 Å². The number of ether oxygens (including phenoxy) is 1. The van der Waals surface area contributed by atoms with Crippen molar-refractivity contribution in [2.45, 2.75) is 82.8 Å². The normalized spacial score (nSPS) is 46.1. The van der Waals surface area contributed by atoms with Gasteiger partial charge in [-0.05, 0) is 93.8 Å². The molecule has 0 amide bonds. The van der Waals surface area contributed by atoms with E-state index in [1.165, 1.54) is 70.6 Å². The first-order valence-electron chi connectivity index (χ1n) is 9.32. The highest BCUT2D eigenvalue weighted by atomic mass is 16.5. The Morgan fingerprint density at radius 3 is 2.29 bits per heavy atom. The maximum Gasteiger partial charge on any atom is 0.0576 e. The van der Waals surface area contributed by atoms with Crippen LogP contribution in [0.2, 0.25) is 0 Å². The van der Waals surface area contributed by atoms with Gasteiger partial charge in [0.1, 0.15) is 0 Å². The molecule has 0 aromatic carbocycles. The van der Waals surface area contributed by atoms with Gasteiger partial charge in [0, 0.05) is 12.6 Å². The number of nitrogens with two attached hydrogens (primary N) is 1. The molecule has 1 saturated heterocycles. The second-order valence-corrected chi connectivity index (χ2v) is 8.70. The molecule has 4 aliphatic carbocycles. The number of hydrogen-bond donors (Lipinski definition) is 2. The van der Waals surface area contributed by atoms with Crippen LogP contribution in [-0.2, 0) is 4.74 Å². The highest BCUT2D eigenvalue weighted by Crippen LogP contribution is 2.61. The molecule has 4 saturated carbocycles. The fourth-order valence-corrected chi connectivity index (χ4v) is 6.57. The molecule has 0 radical (unpaired) electrons. The summed E-state index contributed by atoms with van der Waals surface area (Å²) in [5.41, 5.74) is 3.79. The van der Waals surface area contributed by atoms with Crippen molar-refractivity contribution >= 4 is 0 Å². The van der Waals surface area contributed by atoms with Gasteiger partial charge in [0.05, 0.1) is 6.10 Å². The van der Waals surface area contributed by atoms with Crippen molar-refractivity contribution in [1.82, 2.24) is 5.43 Å². The van der Waals surface area contributed by atoms with Crippen molar-refractivity contribution < 1.29 is 4.74 Å². The number of hydrazine groups is 1. The zero-order chi connectivity index (χ0) is 14.3. The molecule has 2 unspecified atom stereocenters. The molecule has 3 N–H and O–H groups in total. The van der Waals surface area contributed by atoms with Crippen molar-refractivity contribution in [3.05, 3.63) is 0 Å². The summed E-state index contributed by atoms with van der Waals surface area (Å²) in [5.74, 6) is 9.04. The molecular weight excluding hydrogens is 260 g/mol. The molecule has 5 rings (SSSR count). The van der Waals surface area contributed by atoms with Crippen LogP contribution in [-0.4, -0.2) is 18.8 Å². The van der Waals surface area contributed by atoms with Crippen LogP contribution >= 0.6 is 0 Å². The topological polar surface area (TPSA) is 47.3 Å². The Balaban J connectivity index is 1.34. The molecule has 4 bridgehead atoms. The van der Waals surface area contributed by atoms with Crippen molar-refractivity contribution in [1.29, 1.82) is 0 Å². The predicted octanol–water partition coefficient (Wildman–Crippen LogP) is 3.38. The summed E-state index contributed by atoms with van der Waals surface area (Å²) in [6.45, 7) is 0.973. The second kappa shape index (κ2) is 5.82. The quantitative estimate of drug-likeness (QED) is 0.583. The number of nitrogens with one attached hydrogen (secondary N) is 1. The second-order valence-electron chi connectivity index (χ2n) is 8.70. The van der Waals surface area contributed by atoms with Crippen LogP contribution in [0.3, 0.4) is 0 Å². The van der Waals surface area contributed by atoms with Crippen molar-refractivity contribution in [3.63, 3.8) is 0 Å². The summed E-state index contributed by atoms with van der Waals surface area (Å²) in [7, 11) is 0. The molecule has 3 heteroatoms. The van der Waals surface area contributed by atoms with Crippen LogP contribution in [0, 0.1) is 23.2 Å². The Kier molecular flexibility index (Phi) is 4.01. The third kappa shape index (κ3) is 3.02. The summed E-state index contributed by atoms with van der Waals surface area (Å²) in [5, 5.41) is 0. The molecule has 2 atom stereocenters. The van der Waals surface area contributed by atoms with Crippen LogP contribution < -0.4 is 11.3 Å². The number of hydrogen-bond acceptors (Lipinski definition) is 3. The summed E-state index contributed by atoms with van der Waals surface area (Å²) in [6.07, 6.45) is 15.8. The molecule has 3 nitrogen and oxygen atoms in total. The maximum absolute atomic E-state index is 5.90. The lowest BCUT2D eigenvalue weighted by molar-refractivity contribution is -0.0629. The smallest absolute Gasteiger partial charge is 0.0576 e. The van der Waals surface area contributed by atoms with Crippen molar-refractivity contribution in [3.8, 4) is 0 Å². The maximum atomic E-state index is 5.90. The molecule has 21 heavy (non-hydrogen) atoms. The Labute approximate surface area is 129 Å². The van der Waals surface area contributed by atoms with Crippen molar-refractivity contribution in [2.24, 2.45) is 29.0 Å². The Morgan fingerprint density at radius 1 is 1.10 bits per heavy atom. The minimum atomic E-state index is 0.505. The summed E-state index contributed by atoms with van der Waals surface area (Å²) in [4.78, 5) is 0. The van der Waals surface area contributed by atoms with Gasteiger partial charge in [0.15, 0.2) is 0 Å². The molecular formula is C18H32N2O. The third-order valence-corrected chi connectivity index (χ3v) is 6.94. The van der Waals surface area contributed by atoms with E-state index >= 15 is 0 Å². The molecule has 5 aliphatic rings. The summed E-state index contributed by atoms with van der Waals surface area (Å²) in [6, 6.07) is 0.505. The van der Waals surface area contributed by atoms with E-state index in [1.807, 2.05) is 0 Å². The standard InChI is InChI=1S/C18H32N2O/c19-20-16(3-4-17-2-1-5-21-17)12-18-9-13-6-14(10-18)8-15(7-13)11-18/h13-17,20H,1-12,19H2. The Morgan fingerprint density at radius 2 is 1.76 bits per heavy atom. The largest absolute Gasteiger partial charge is 0.378 e. The van der Waals surface area contributed by atoms with Gasteiger partial charge in [0.2, 0.25) is 0 Å². The first-order valence-corrected chi connectivity index (χ1v) is 9.32. The first-order chi connectivity index (χ1) is 10.2. The molecule has 0 aromatic rings. The lowest BCUT2D eigenvalue weighted by Gasteiger charge is -2.57. The highest BCUT2D eigenvalue weighted by Gasteiger charge is 2.51. The average molecular weight is 292 g/mol. The van der Waals surface area contributed by atoms with Crippen LogP contribution in [0.4, 0.5) is 0 Å². The van der Waals surface area contributed by atoms with E-state index in [9.17, 15) is 0 Å². The van der Waals surface area contributed by atoms with Crippen LogP contribution in [0.15, 0.2) is 0 Å². The van der Waals surface area contributed by atoms with Crippen LogP contribution in [0.25, 0.3) is 0 Å². The summed E-state index contributed by atoms with van der Waals surface area (Å²) >= 11 is 0. The van der Waals surface area contributed by atoms with E-state index in [-0.39, 0.29) is 0 Å². The van der Waals surface area contributed by atoms with E-state index in [0.717, 1.165) is 24.4 Å². The molecule has 1 heterocycles. The zero-order valence-corrected chi connectivity index (χ0v) is 13.4. The minimum Gasteiger partial charge on any atom is -0.378 e. The third-order valence-electron chi connectivity index (χ3n) is 6.94. The molecule has 1 aliphatic heterocycles. The van der Waals surface area contributed by atoms with Gasteiger partial charge in [0.25, 0.3) is 0 Å².